The van der Waals surface area contributed by atoms with E-state index < -0.39 is 0 Å². The number of hydrogen-bond donors (Lipinski definition) is 0. The molecule has 0 unspecified atom stereocenters. The van der Waals surface area contributed by atoms with Crippen LogP contribution in [0.1, 0.15) is 18.9 Å². The molecule has 0 atom stereocenters. The Kier molecular flexibility index (Phi) is 1.06. The standard InChI is InChI=1S/C9H9N3/c1-2-8-9(10-5-1)11-6-12(8)7-3-4-7/h1-2,5-7H,3-4H2. The molecule has 0 radical (unpaired) electrons. The predicted octanol–water partition coefficient (Wildman–Crippen LogP) is 1.77. The summed E-state index contributed by atoms with van der Waals surface area (Å²) in [6, 6.07) is 4.73. The van der Waals surface area contributed by atoms with Gasteiger partial charge < -0.3 is 4.57 Å². The summed E-state index contributed by atoms with van der Waals surface area (Å²) in [5.41, 5.74) is 2.03. The van der Waals surface area contributed by atoms with Crippen molar-refractivity contribution < 1.29 is 0 Å². The number of hydrogen-bond acceptors (Lipinski definition) is 2. The van der Waals surface area contributed by atoms with Gasteiger partial charge in [-0.05, 0) is 25.0 Å². The third kappa shape index (κ3) is 0.763. The third-order valence-corrected chi connectivity index (χ3v) is 2.29. The summed E-state index contributed by atoms with van der Waals surface area (Å²) in [5.74, 6) is 0. The lowest BCUT2D eigenvalue weighted by Crippen LogP contribution is -1.89. The van der Waals surface area contributed by atoms with E-state index in [1.54, 1.807) is 6.20 Å². The van der Waals surface area contributed by atoms with E-state index in [1.165, 1.54) is 18.4 Å². The fourth-order valence-electron chi connectivity index (χ4n) is 1.51. The van der Waals surface area contributed by atoms with Crippen LogP contribution in [0.3, 0.4) is 0 Å². The highest BCUT2D eigenvalue weighted by Gasteiger charge is 2.24. The SMILES string of the molecule is c1cnc2ncn(C3CC3)c2c1. The van der Waals surface area contributed by atoms with Crippen LogP contribution in [0.2, 0.25) is 0 Å². The summed E-state index contributed by atoms with van der Waals surface area (Å²) < 4.78 is 2.22. The van der Waals surface area contributed by atoms with Crippen molar-refractivity contribution in [3.05, 3.63) is 24.7 Å². The second-order valence-corrected chi connectivity index (χ2v) is 3.23. The van der Waals surface area contributed by atoms with E-state index in [2.05, 4.69) is 20.6 Å². The minimum absolute atomic E-state index is 0.694. The Morgan fingerprint density at radius 1 is 1.33 bits per heavy atom. The number of fused-ring (bicyclic) bond motifs is 1. The van der Waals surface area contributed by atoms with E-state index in [9.17, 15) is 0 Å². The maximum atomic E-state index is 4.23. The normalized spacial score (nSPS) is 17.0. The fourth-order valence-corrected chi connectivity index (χ4v) is 1.51. The van der Waals surface area contributed by atoms with E-state index in [0.29, 0.717) is 6.04 Å². The second kappa shape index (κ2) is 2.06. The molecule has 0 aromatic carbocycles. The van der Waals surface area contributed by atoms with Crippen LogP contribution < -0.4 is 0 Å². The van der Waals surface area contributed by atoms with Crippen molar-refractivity contribution in [2.75, 3.05) is 0 Å². The second-order valence-electron chi connectivity index (χ2n) is 3.23. The molecule has 3 heteroatoms. The quantitative estimate of drug-likeness (QED) is 0.634. The molecule has 0 spiro atoms. The van der Waals surface area contributed by atoms with Gasteiger partial charge in [-0.2, -0.15) is 0 Å². The van der Waals surface area contributed by atoms with Crippen LogP contribution >= 0.6 is 0 Å². The number of aromatic nitrogens is 3. The molecule has 3 nitrogen and oxygen atoms in total. The molecular formula is C9H9N3. The number of nitrogens with zero attached hydrogens (tertiary/aromatic N) is 3. The Labute approximate surface area is 70.1 Å². The zero-order valence-electron chi connectivity index (χ0n) is 6.64. The summed E-state index contributed by atoms with van der Waals surface area (Å²) >= 11 is 0. The molecule has 12 heavy (non-hydrogen) atoms. The molecule has 0 amide bonds. The van der Waals surface area contributed by atoms with Crippen LogP contribution in [0.5, 0.6) is 0 Å². The molecule has 2 heterocycles. The molecule has 1 saturated carbocycles. The molecule has 1 aliphatic carbocycles. The van der Waals surface area contributed by atoms with Gasteiger partial charge in [-0.15, -0.1) is 0 Å². The van der Waals surface area contributed by atoms with Crippen molar-refractivity contribution in [3.8, 4) is 0 Å². The van der Waals surface area contributed by atoms with Gasteiger partial charge in [0.2, 0.25) is 0 Å². The first kappa shape index (κ1) is 6.17. The van der Waals surface area contributed by atoms with Gasteiger partial charge >= 0.3 is 0 Å². The molecule has 0 bridgehead atoms. The van der Waals surface area contributed by atoms with Crippen molar-refractivity contribution in [2.24, 2.45) is 0 Å². The van der Waals surface area contributed by atoms with Gasteiger partial charge in [-0.3, -0.25) is 0 Å². The van der Waals surface area contributed by atoms with Crippen LogP contribution in [-0.2, 0) is 0 Å². The lowest BCUT2D eigenvalue weighted by atomic mass is 10.4. The lowest BCUT2D eigenvalue weighted by molar-refractivity contribution is 0.766. The monoisotopic (exact) mass is 159 g/mol. The van der Waals surface area contributed by atoms with E-state index in [1.807, 2.05) is 12.4 Å². The van der Waals surface area contributed by atoms with Crippen LogP contribution in [0.15, 0.2) is 24.7 Å². The average Bonchev–Trinajstić information content (AvgIpc) is 2.86. The van der Waals surface area contributed by atoms with Gasteiger partial charge in [0.25, 0.3) is 0 Å². The topological polar surface area (TPSA) is 30.7 Å². The molecule has 60 valence electrons. The molecule has 0 aliphatic heterocycles. The summed E-state index contributed by atoms with van der Waals surface area (Å²) in [6.07, 6.45) is 6.27. The fraction of sp³-hybridized carbons (Fsp3) is 0.333. The Hall–Kier alpha value is -1.38. The molecule has 1 aliphatic rings. The van der Waals surface area contributed by atoms with Gasteiger partial charge in [0, 0.05) is 12.2 Å². The van der Waals surface area contributed by atoms with Crippen molar-refractivity contribution >= 4 is 11.2 Å². The van der Waals surface area contributed by atoms with Crippen LogP contribution in [0, 0.1) is 0 Å². The van der Waals surface area contributed by atoms with Crippen molar-refractivity contribution in [2.45, 2.75) is 18.9 Å². The summed E-state index contributed by atoms with van der Waals surface area (Å²) in [6.45, 7) is 0. The van der Waals surface area contributed by atoms with Gasteiger partial charge in [-0.1, -0.05) is 0 Å². The van der Waals surface area contributed by atoms with E-state index in [-0.39, 0.29) is 0 Å². The predicted molar refractivity (Wildman–Crippen MR) is 45.8 cm³/mol. The average molecular weight is 159 g/mol. The molecule has 3 rings (SSSR count). The first-order valence-corrected chi connectivity index (χ1v) is 4.23. The lowest BCUT2D eigenvalue weighted by Gasteiger charge is -1.97. The summed E-state index contributed by atoms with van der Waals surface area (Å²) in [7, 11) is 0. The number of rotatable bonds is 1. The van der Waals surface area contributed by atoms with Crippen LogP contribution in [0.25, 0.3) is 11.2 Å². The first-order valence-electron chi connectivity index (χ1n) is 4.23. The molecule has 0 N–H and O–H groups in total. The van der Waals surface area contributed by atoms with Gasteiger partial charge in [0.05, 0.1) is 11.8 Å². The van der Waals surface area contributed by atoms with Gasteiger partial charge in [-0.25, -0.2) is 9.97 Å². The maximum Gasteiger partial charge on any atom is 0.177 e. The minimum Gasteiger partial charge on any atom is -0.326 e. The van der Waals surface area contributed by atoms with Gasteiger partial charge in [0.15, 0.2) is 5.65 Å². The highest BCUT2D eigenvalue weighted by atomic mass is 15.1. The first-order chi connectivity index (χ1) is 5.95. The van der Waals surface area contributed by atoms with E-state index in [0.717, 1.165) is 5.65 Å². The van der Waals surface area contributed by atoms with Crippen molar-refractivity contribution in [1.82, 2.24) is 14.5 Å². The summed E-state index contributed by atoms with van der Waals surface area (Å²) in [4.78, 5) is 8.41. The molecule has 2 aromatic heterocycles. The zero-order chi connectivity index (χ0) is 7.97. The Bertz CT molecular complexity index is 414. The smallest absolute Gasteiger partial charge is 0.177 e. The van der Waals surface area contributed by atoms with Crippen LogP contribution in [-0.4, -0.2) is 14.5 Å². The largest absolute Gasteiger partial charge is 0.326 e. The molecular weight excluding hydrogens is 150 g/mol. The molecule has 1 fully saturated rings. The Morgan fingerprint density at radius 2 is 2.25 bits per heavy atom. The van der Waals surface area contributed by atoms with Gasteiger partial charge in [0.1, 0.15) is 0 Å². The molecule has 2 aromatic rings. The summed E-state index contributed by atoms with van der Waals surface area (Å²) in [5, 5.41) is 0. The molecule has 0 saturated heterocycles. The number of imidazole rings is 1. The third-order valence-electron chi connectivity index (χ3n) is 2.29. The highest BCUT2D eigenvalue weighted by Crippen LogP contribution is 2.36. The van der Waals surface area contributed by atoms with Crippen molar-refractivity contribution in [1.29, 1.82) is 0 Å². The Balaban J connectivity index is 2.30. The maximum absolute atomic E-state index is 4.23. The highest BCUT2D eigenvalue weighted by molar-refractivity contribution is 5.70. The zero-order valence-corrected chi connectivity index (χ0v) is 6.64. The van der Waals surface area contributed by atoms with Crippen molar-refractivity contribution in [3.63, 3.8) is 0 Å². The van der Waals surface area contributed by atoms with E-state index in [4.69, 9.17) is 0 Å². The Morgan fingerprint density at radius 3 is 3.08 bits per heavy atom. The van der Waals surface area contributed by atoms with E-state index >= 15 is 0 Å². The number of pyridine rings is 1. The minimum atomic E-state index is 0.694. The van der Waals surface area contributed by atoms with Crippen LogP contribution in [0.4, 0.5) is 0 Å².